The van der Waals surface area contributed by atoms with Gasteiger partial charge in [-0.05, 0) is 24.5 Å². The Hall–Kier alpha value is -2.54. The van der Waals surface area contributed by atoms with Gasteiger partial charge in [-0.25, -0.2) is 4.79 Å². The molecule has 1 amide bonds. The van der Waals surface area contributed by atoms with E-state index in [9.17, 15) is 14.4 Å². The number of hydrogen-bond donors (Lipinski definition) is 2. The van der Waals surface area contributed by atoms with E-state index in [1.165, 1.54) is 9.47 Å². The Bertz CT molecular complexity index is 933. The number of H-pyrrole nitrogens is 1. The molecule has 1 heterocycles. The number of amides is 1. The van der Waals surface area contributed by atoms with Crippen molar-refractivity contribution in [2.45, 2.75) is 40.2 Å². The van der Waals surface area contributed by atoms with Gasteiger partial charge in [0.05, 0.1) is 10.6 Å². The number of nitrogens with one attached hydrogen (secondary N) is 1. The molecule has 0 atom stereocenters. The maximum atomic E-state index is 13.1. The summed E-state index contributed by atoms with van der Waals surface area (Å²) in [6, 6.07) is 6.63. The summed E-state index contributed by atoms with van der Waals surface area (Å²) in [5.74, 6) is -0.318. The number of benzene rings is 1. The molecule has 0 bridgehead atoms. The van der Waals surface area contributed by atoms with Crippen LogP contribution in [-0.2, 0) is 6.54 Å². The Morgan fingerprint density at radius 1 is 1.30 bits per heavy atom. The number of aromatic amines is 1. The van der Waals surface area contributed by atoms with Crippen LogP contribution in [0.3, 0.4) is 0 Å². The fraction of sp³-hybridized carbons (Fsp3) is 0.421. The summed E-state index contributed by atoms with van der Waals surface area (Å²) >= 11 is 6.17. The lowest BCUT2D eigenvalue weighted by molar-refractivity contribution is 0.0986. The van der Waals surface area contributed by atoms with Crippen LogP contribution >= 0.6 is 11.6 Å². The SMILES string of the molecule is CCCCN(C(=O)c1ccccc1Cl)c1c(N)n(CC(C)C)c(=O)[nH]c1=O. The number of aromatic nitrogens is 2. The normalized spacial score (nSPS) is 11.0. The standard InChI is InChI=1S/C19H25ClN4O3/c1-4-5-10-23(18(26)13-8-6-7-9-14(13)20)15-16(21)24(11-12(2)3)19(27)22-17(15)25/h6-9,12H,4-5,10-11,21H2,1-3H3,(H,22,25,27). The van der Waals surface area contributed by atoms with E-state index in [0.717, 1.165) is 6.42 Å². The number of hydrogen-bond acceptors (Lipinski definition) is 4. The Morgan fingerprint density at radius 3 is 2.56 bits per heavy atom. The molecule has 0 aliphatic carbocycles. The molecule has 27 heavy (non-hydrogen) atoms. The minimum atomic E-state index is -0.686. The largest absolute Gasteiger partial charge is 0.383 e. The molecule has 146 valence electrons. The van der Waals surface area contributed by atoms with Gasteiger partial charge >= 0.3 is 5.69 Å². The Morgan fingerprint density at radius 2 is 1.96 bits per heavy atom. The van der Waals surface area contributed by atoms with Gasteiger partial charge in [0.25, 0.3) is 11.5 Å². The van der Waals surface area contributed by atoms with Crippen molar-refractivity contribution < 1.29 is 4.79 Å². The molecule has 2 aromatic rings. The van der Waals surface area contributed by atoms with Crippen LogP contribution < -0.4 is 21.9 Å². The first kappa shape index (κ1) is 20.8. The lowest BCUT2D eigenvalue weighted by Crippen LogP contribution is -2.42. The number of nitrogen functional groups attached to an aromatic ring is 1. The minimum Gasteiger partial charge on any atom is -0.383 e. The number of nitrogens with zero attached hydrogens (tertiary/aromatic N) is 2. The Labute approximate surface area is 162 Å². The summed E-state index contributed by atoms with van der Waals surface area (Å²) in [4.78, 5) is 41.5. The van der Waals surface area contributed by atoms with Gasteiger partial charge < -0.3 is 10.6 Å². The second-order valence-corrected chi connectivity index (χ2v) is 7.19. The molecular formula is C19H25ClN4O3. The molecule has 1 aromatic heterocycles. The van der Waals surface area contributed by atoms with E-state index in [2.05, 4.69) is 4.98 Å². The van der Waals surface area contributed by atoms with Gasteiger partial charge in [-0.1, -0.05) is 50.9 Å². The summed E-state index contributed by atoms with van der Waals surface area (Å²) in [6.07, 6.45) is 1.48. The van der Waals surface area contributed by atoms with Gasteiger partial charge in [-0.3, -0.25) is 19.1 Å². The third-order valence-electron chi connectivity index (χ3n) is 4.12. The number of rotatable bonds is 7. The van der Waals surface area contributed by atoms with Crippen LogP contribution in [0.4, 0.5) is 11.5 Å². The van der Waals surface area contributed by atoms with Crippen molar-refractivity contribution in [2.24, 2.45) is 5.92 Å². The van der Waals surface area contributed by atoms with E-state index in [0.29, 0.717) is 13.0 Å². The number of halogens is 1. The van der Waals surface area contributed by atoms with E-state index in [1.807, 2.05) is 20.8 Å². The summed E-state index contributed by atoms with van der Waals surface area (Å²) in [5.41, 5.74) is 5.16. The summed E-state index contributed by atoms with van der Waals surface area (Å²) in [7, 11) is 0. The van der Waals surface area contributed by atoms with Crippen molar-refractivity contribution in [3.8, 4) is 0 Å². The van der Waals surface area contributed by atoms with Crippen LogP contribution in [0.5, 0.6) is 0 Å². The number of anilines is 2. The maximum absolute atomic E-state index is 13.1. The van der Waals surface area contributed by atoms with Crippen LogP contribution in [-0.4, -0.2) is 22.0 Å². The van der Waals surface area contributed by atoms with Gasteiger partial charge in [0.1, 0.15) is 5.82 Å². The highest BCUT2D eigenvalue weighted by atomic mass is 35.5. The number of unbranched alkanes of at least 4 members (excludes halogenated alkanes) is 1. The first-order valence-electron chi connectivity index (χ1n) is 8.96. The number of carbonyl (C=O) groups is 1. The van der Waals surface area contributed by atoms with Crippen molar-refractivity contribution in [3.63, 3.8) is 0 Å². The lowest BCUT2D eigenvalue weighted by atomic mass is 10.1. The van der Waals surface area contributed by atoms with Crippen LogP contribution in [0.2, 0.25) is 5.02 Å². The van der Waals surface area contributed by atoms with E-state index in [-0.39, 0.29) is 34.6 Å². The van der Waals surface area contributed by atoms with Gasteiger partial charge in [-0.2, -0.15) is 0 Å². The molecule has 0 fully saturated rings. The predicted molar refractivity (Wildman–Crippen MR) is 109 cm³/mol. The van der Waals surface area contributed by atoms with Crippen LogP contribution in [0.1, 0.15) is 44.0 Å². The average molecular weight is 393 g/mol. The molecule has 0 aliphatic rings. The second-order valence-electron chi connectivity index (χ2n) is 6.79. The predicted octanol–water partition coefficient (Wildman–Crippen LogP) is 2.88. The van der Waals surface area contributed by atoms with Crippen LogP contribution in [0.25, 0.3) is 0 Å². The first-order chi connectivity index (χ1) is 12.8. The van der Waals surface area contributed by atoms with Gasteiger partial charge in [0.2, 0.25) is 0 Å². The average Bonchev–Trinajstić information content (AvgIpc) is 2.61. The van der Waals surface area contributed by atoms with Crippen molar-refractivity contribution in [1.82, 2.24) is 9.55 Å². The zero-order valence-electron chi connectivity index (χ0n) is 15.8. The van der Waals surface area contributed by atoms with Crippen LogP contribution in [0, 0.1) is 5.92 Å². The molecular weight excluding hydrogens is 368 g/mol. The highest BCUT2D eigenvalue weighted by molar-refractivity contribution is 6.34. The molecule has 8 heteroatoms. The molecule has 0 saturated heterocycles. The number of carbonyl (C=O) groups excluding carboxylic acids is 1. The molecule has 0 radical (unpaired) electrons. The lowest BCUT2D eigenvalue weighted by Gasteiger charge is -2.25. The molecule has 0 aliphatic heterocycles. The van der Waals surface area contributed by atoms with Crippen molar-refractivity contribution in [1.29, 1.82) is 0 Å². The number of nitrogens with two attached hydrogens (primary N) is 1. The molecule has 7 nitrogen and oxygen atoms in total. The quantitative estimate of drug-likeness (QED) is 0.756. The fourth-order valence-corrected chi connectivity index (χ4v) is 3.01. The first-order valence-corrected chi connectivity index (χ1v) is 9.34. The highest BCUT2D eigenvalue weighted by Crippen LogP contribution is 2.24. The van der Waals surface area contributed by atoms with E-state index >= 15 is 0 Å². The third kappa shape index (κ3) is 4.60. The minimum absolute atomic E-state index is 0.0195. The Kier molecular flexibility index (Phi) is 6.85. The fourth-order valence-electron chi connectivity index (χ4n) is 2.80. The summed E-state index contributed by atoms with van der Waals surface area (Å²) in [5, 5.41) is 0.287. The second kappa shape index (κ2) is 8.90. The maximum Gasteiger partial charge on any atom is 0.330 e. The Balaban J connectivity index is 2.63. The van der Waals surface area contributed by atoms with Gasteiger partial charge in [-0.15, -0.1) is 0 Å². The van der Waals surface area contributed by atoms with Crippen LogP contribution in [0.15, 0.2) is 33.9 Å². The highest BCUT2D eigenvalue weighted by Gasteiger charge is 2.26. The van der Waals surface area contributed by atoms with Crippen molar-refractivity contribution in [2.75, 3.05) is 17.2 Å². The smallest absolute Gasteiger partial charge is 0.330 e. The summed E-state index contributed by atoms with van der Waals surface area (Å²) in [6.45, 7) is 6.45. The zero-order chi connectivity index (χ0) is 20.1. The van der Waals surface area contributed by atoms with E-state index in [4.69, 9.17) is 17.3 Å². The molecule has 1 aromatic carbocycles. The molecule has 0 spiro atoms. The van der Waals surface area contributed by atoms with Gasteiger partial charge in [0, 0.05) is 13.1 Å². The summed E-state index contributed by atoms with van der Waals surface area (Å²) < 4.78 is 1.29. The van der Waals surface area contributed by atoms with E-state index in [1.54, 1.807) is 24.3 Å². The topological polar surface area (TPSA) is 101 Å². The van der Waals surface area contributed by atoms with Crippen molar-refractivity contribution in [3.05, 3.63) is 55.7 Å². The molecule has 3 N–H and O–H groups in total. The monoisotopic (exact) mass is 392 g/mol. The molecule has 2 rings (SSSR count). The van der Waals surface area contributed by atoms with E-state index < -0.39 is 17.2 Å². The molecule has 0 saturated carbocycles. The molecule has 0 unspecified atom stereocenters. The van der Waals surface area contributed by atoms with Crippen molar-refractivity contribution >= 4 is 29.0 Å². The third-order valence-corrected chi connectivity index (χ3v) is 4.45. The van der Waals surface area contributed by atoms with Gasteiger partial charge in [0.15, 0.2) is 5.69 Å². The zero-order valence-corrected chi connectivity index (χ0v) is 16.5.